The molecule has 2 atom stereocenters. The highest BCUT2D eigenvalue weighted by Gasteiger charge is 2.26. The molecule has 6 heteroatoms. The number of aryl methyl sites for hydroxylation is 1. The molecule has 6 nitrogen and oxygen atoms in total. The van der Waals surface area contributed by atoms with Gasteiger partial charge in [-0.1, -0.05) is 6.92 Å². The molecule has 0 aliphatic carbocycles. The summed E-state index contributed by atoms with van der Waals surface area (Å²) in [6.45, 7) is 9.34. The maximum absolute atomic E-state index is 4.50. The quantitative estimate of drug-likeness (QED) is 0.480. The van der Waals surface area contributed by atoms with Crippen molar-refractivity contribution in [2.75, 3.05) is 46.3 Å². The molecule has 2 unspecified atom stereocenters. The second-order valence-corrected chi connectivity index (χ2v) is 8.11. The summed E-state index contributed by atoms with van der Waals surface area (Å²) >= 11 is 0. The van der Waals surface area contributed by atoms with Crippen LogP contribution in [0.25, 0.3) is 0 Å². The van der Waals surface area contributed by atoms with E-state index in [1.807, 2.05) is 25.0 Å². The molecule has 0 saturated carbocycles. The highest BCUT2D eigenvalue weighted by molar-refractivity contribution is 5.80. The fourth-order valence-electron chi connectivity index (χ4n) is 4.36. The molecule has 2 fully saturated rings. The zero-order valence-corrected chi connectivity index (χ0v) is 16.8. The third-order valence-corrected chi connectivity index (χ3v) is 5.82. The molecular weight excluding hydrogens is 324 g/mol. The lowest BCUT2D eigenvalue weighted by atomic mass is 10.0. The van der Waals surface area contributed by atoms with Crippen LogP contribution in [0.4, 0.5) is 0 Å². The van der Waals surface area contributed by atoms with Crippen molar-refractivity contribution >= 4 is 5.96 Å². The van der Waals surface area contributed by atoms with Crippen LogP contribution in [0.2, 0.25) is 0 Å². The molecule has 1 N–H and O–H groups in total. The molecule has 2 aliphatic rings. The number of nitrogens with one attached hydrogen (secondary N) is 1. The predicted molar refractivity (Wildman–Crippen MR) is 108 cm³/mol. The molecule has 3 rings (SSSR count). The number of unbranched alkanes of at least 4 members (excludes halogenated alkanes) is 1. The second kappa shape index (κ2) is 9.40. The van der Waals surface area contributed by atoms with Crippen molar-refractivity contribution in [3.63, 3.8) is 0 Å². The van der Waals surface area contributed by atoms with E-state index < -0.39 is 0 Å². The Morgan fingerprint density at radius 3 is 2.88 bits per heavy atom. The Bertz CT molecular complexity index is 581. The molecule has 2 aliphatic heterocycles. The van der Waals surface area contributed by atoms with Crippen LogP contribution in [-0.4, -0.2) is 71.9 Å². The lowest BCUT2D eigenvalue weighted by molar-refractivity contribution is 0.181. The van der Waals surface area contributed by atoms with Crippen molar-refractivity contribution in [3.05, 3.63) is 18.0 Å². The lowest BCUT2D eigenvalue weighted by Crippen LogP contribution is -2.40. The minimum atomic E-state index is 0.573. The van der Waals surface area contributed by atoms with Gasteiger partial charge in [0, 0.05) is 52.4 Å². The zero-order valence-electron chi connectivity index (χ0n) is 16.8. The van der Waals surface area contributed by atoms with Crippen molar-refractivity contribution < 1.29 is 0 Å². The summed E-state index contributed by atoms with van der Waals surface area (Å²) in [5, 5.41) is 7.88. The Labute approximate surface area is 158 Å². The standard InChI is InChI=1S/C20H36N6/c1-17-7-6-11-25(14-17)10-5-4-9-22-20(21-2)26-12-8-18(16-26)19-13-23-24(3)15-19/h13,15,17-18H,4-12,14,16H2,1-3H3,(H,21,22). The number of rotatable bonds is 6. The van der Waals surface area contributed by atoms with Gasteiger partial charge in [-0.25, -0.2) is 0 Å². The van der Waals surface area contributed by atoms with Crippen LogP contribution in [0.15, 0.2) is 17.4 Å². The van der Waals surface area contributed by atoms with E-state index in [1.165, 1.54) is 57.3 Å². The highest BCUT2D eigenvalue weighted by atomic mass is 15.3. The number of guanidine groups is 1. The summed E-state index contributed by atoms with van der Waals surface area (Å²) in [4.78, 5) is 9.53. The van der Waals surface area contributed by atoms with Crippen LogP contribution in [0.1, 0.15) is 50.5 Å². The summed E-state index contributed by atoms with van der Waals surface area (Å²) in [5.74, 6) is 2.51. The van der Waals surface area contributed by atoms with Crippen LogP contribution in [0, 0.1) is 5.92 Å². The van der Waals surface area contributed by atoms with Crippen molar-refractivity contribution in [2.24, 2.45) is 18.0 Å². The average Bonchev–Trinajstić information content (AvgIpc) is 3.27. The van der Waals surface area contributed by atoms with Gasteiger partial charge in [0.05, 0.1) is 6.20 Å². The fourth-order valence-corrected chi connectivity index (χ4v) is 4.36. The molecule has 0 spiro atoms. The Morgan fingerprint density at radius 1 is 1.27 bits per heavy atom. The summed E-state index contributed by atoms with van der Waals surface area (Å²) in [6.07, 6.45) is 10.6. The van der Waals surface area contributed by atoms with Gasteiger partial charge in [0.1, 0.15) is 0 Å². The van der Waals surface area contributed by atoms with E-state index in [4.69, 9.17) is 0 Å². The molecular formula is C20H36N6. The van der Waals surface area contributed by atoms with Gasteiger partial charge >= 0.3 is 0 Å². The normalized spacial score (nSPS) is 25.0. The van der Waals surface area contributed by atoms with Crippen LogP contribution in [0.5, 0.6) is 0 Å². The Balaban J connectivity index is 1.34. The average molecular weight is 361 g/mol. The van der Waals surface area contributed by atoms with Gasteiger partial charge in [0.2, 0.25) is 0 Å². The van der Waals surface area contributed by atoms with Crippen molar-refractivity contribution in [3.8, 4) is 0 Å². The largest absolute Gasteiger partial charge is 0.356 e. The van der Waals surface area contributed by atoms with E-state index in [9.17, 15) is 0 Å². The predicted octanol–water partition coefficient (Wildman–Crippen LogP) is 2.30. The molecule has 2 saturated heterocycles. The first-order chi connectivity index (χ1) is 12.7. The third-order valence-electron chi connectivity index (χ3n) is 5.82. The molecule has 0 radical (unpaired) electrons. The summed E-state index contributed by atoms with van der Waals surface area (Å²) in [5.41, 5.74) is 1.35. The molecule has 0 bridgehead atoms. The van der Waals surface area contributed by atoms with E-state index in [2.05, 4.69) is 38.3 Å². The topological polar surface area (TPSA) is 48.7 Å². The number of aromatic nitrogens is 2. The Hall–Kier alpha value is -1.56. The highest BCUT2D eigenvalue weighted by Crippen LogP contribution is 2.26. The van der Waals surface area contributed by atoms with Gasteiger partial charge in [0.15, 0.2) is 5.96 Å². The molecule has 146 valence electrons. The molecule has 1 aromatic rings. The van der Waals surface area contributed by atoms with Crippen molar-refractivity contribution in [1.82, 2.24) is 24.9 Å². The number of nitrogens with zero attached hydrogens (tertiary/aromatic N) is 5. The smallest absolute Gasteiger partial charge is 0.193 e. The molecule has 3 heterocycles. The first kappa shape index (κ1) is 19.2. The number of aliphatic imine (C=N–C) groups is 1. The monoisotopic (exact) mass is 360 g/mol. The van der Waals surface area contributed by atoms with Crippen LogP contribution in [-0.2, 0) is 7.05 Å². The van der Waals surface area contributed by atoms with E-state index in [0.29, 0.717) is 5.92 Å². The number of hydrogen-bond donors (Lipinski definition) is 1. The van der Waals surface area contributed by atoms with Gasteiger partial charge in [-0.2, -0.15) is 5.10 Å². The van der Waals surface area contributed by atoms with Gasteiger partial charge in [-0.15, -0.1) is 0 Å². The molecule has 26 heavy (non-hydrogen) atoms. The summed E-state index contributed by atoms with van der Waals surface area (Å²) < 4.78 is 1.90. The second-order valence-electron chi connectivity index (χ2n) is 8.11. The Kier molecular flexibility index (Phi) is 6.94. The van der Waals surface area contributed by atoms with Crippen LogP contribution < -0.4 is 5.32 Å². The van der Waals surface area contributed by atoms with Crippen molar-refractivity contribution in [1.29, 1.82) is 0 Å². The minimum Gasteiger partial charge on any atom is -0.356 e. The first-order valence-electron chi connectivity index (χ1n) is 10.3. The van der Waals surface area contributed by atoms with E-state index in [1.54, 1.807) is 0 Å². The van der Waals surface area contributed by atoms with E-state index >= 15 is 0 Å². The van der Waals surface area contributed by atoms with Gasteiger partial charge in [-0.05, 0) is 56.7 Å². The lowest BCUT2D eigenvalue weighted by Gasteiger charge is -2.30. The number of hydrogen-bond acceptors (Lipinski definition) is 3. The maximum atomic E-state index is 4.50. The number of piperidine rings is 1. The Morgan fingerprint density at radius 2 is 2.15 bits per heavy atom. The van der Waals surface area contributed by atoms with E-state index in [-0.39, 0.29) is 0 Å². The molecule has 0 amide bonds. The third kappa shape index (κ3) is 5.22. The van der Waals surface area contributed by atoms with Gasteiger partial charge < -0.3 is 15.1 Å². The number of likely N-dealkylation sites (tertiary alicyclic amines) is 2. The minimum absolute atomic E-state index is 0.573. The fraction of sp³-hybridized carbons (Fsp3) is 0.800. The van der Waals surface area contributed by atoms with Gasteiger partial charge in [-0.3, -0.25) is 9.67 Å². The van der Waals surface area contributed by atoms with E-state index in [0.717, 1.165) is 31.5 Å². The van der Waals surface area contributed by atoms with Gasteiger partial charge in [0.25, 0.3) is 0 Å². The zero-order chi connectivity index (χ0) is 18.4. The molecule has 1 aromatic heterocycles. The SMILES string of the molecule is CN=C(NCCCCN1CCCC(C)C1)N1CCC(c2cnn(C)c2)C1. The maximum Gasteiger partial charge on any atom is 0.193 e. The summed E-state index contributed by atoms with van der Waals surface area (Å²) in [7, 11) is 3.89. The van der Waals surface area contributed by atoms with Crippen LogP contribution >= 0.6 is 0 Å². The first-order valence-corrected chi connectivity index (χ1v) is 10.3. The summed E-state index contributed by atoms with van der Waals surface area (Å²) in [6, 6.07) is 0. The van der Waals surface area contributed by atoms with Crippen molar-refractivity contribution in [2.45, 2.75) is 44.9 Å². The molecule has 0 aromatic carbocycles. The van der Waals surface area contributed by atoms with Crippen LogP contribution in [0.3, 0.4) is 0 Å².